The van der Waals surface area contributed by atoms with Gasteiger partial charge in [0, 0.05) is 26.6 Å². The van der Waals surface area contributed by atoms with Gasteiger partial charge < -0.3 is 16.0 Å². The van der Waals surface area contributed by atoms with E-state index in [9.17, 15) is 4.79 Å². The molecule has 0 aliphatic heterocycles. The van der Waals surface area contributed by atoms with Crippen LogP contribution in [0, 0.1) is 0 Å². The largest absolute Gasteiger partial charge is 0.376 e. The highest BCUT2D eigenvalue weighted by molar-refractivity contribution is 5.90. The topological polar surface area (TPSA) is 71.2 Å². The fraction of sp³-hybridized carbons (Fsp3) is 0.250. The highest BCUT2D eigenvalue weighted by Gasteiger charge is 2.12. The predicted octanol–water partition coefficient (Wildman–Crippen LogP) is 3.02. The lowest BCUT2D eigenvalue weighted by atomic mass is 10.0. The number of rotatable bonds is 5. The van der Waals surface area contributed by atoms with Crippen LogP contribution in [0.2, 0.25) is 0 Å². The first kappa shape index (κ1) is 21.2. The second kappa shape index (κ2) is 10.0. The molecule has 0 aliphatic carbocycles. The number of carbonyl (C=O) groups excluding carboxylic acids is 1. The monoisotopic (exact) mass is 356 g/mol. The summed E-state index contributed by atoms with van der Waals surface area (Å²) in [5.41, 5.74) is 7.95. The molecule has 1 aromatic carbocycles. The van der Waals surface area contributed by atoms with Gasteiger partial charge in [-0.1, -0.05) is 30.3 Å². The maximum atomic E-state index is 12.0. The molecule has 0 aliphatic rings. The Morgan fingerprint density at radius 2 is 1.83 bits per heavy atom. The minimum atomic E-state index is -0.313. The van der Waals surface area contributed by atoms with Crippen LogP contribution in [0.5, 0.6) is 0 Å². The number of aromatic nitrogens is 1. The third kappa shape index (κ3) is 6.44. The van der Waals surface area contributed by atoms with Crippen molar-refractivity contribution in [3.63, 3.8) is 0 Å². The van der Waals surface area contributed by atoms with Crippen LogP contribution in [0.4, 0.5) is 11.5 Å². The van der Waals surface area contributed by atoms with Crippen molar-refractivity contribution in [2.75, 3.05) is 24.3 Å². The van der Waals surface area contributed by atoms with Crippen LogP contribution in [-0.2, 0) is 4.79 Å². The van der Waals surface area contributed by atoms with Gasteiger partial charge in [-0.3, -0.25) is 4.79 Å². The Kier molecular flexibility index (Phi) is 9.25. The van der Waals surface area contributed by atoms with E-state index < -0.39 is 0 Å². The van der Waals surface area contributed by atoms with Gasteiger partial charge in [0.25, 0.3) is 0 Å². The van der Waals surface area contributed by atoms with Crippen molar-refractivity contribution in [3.05, 3.63) is 54.2 Å². The maximum absolute atomic E-state index is 12.0. The Bertz CT molecular complexity index is 591. The molecule has 2 aromatic rings. The third-order valence-electron chi connectivity index (χ3n) is 3.16. The normalized spacial score (nSPS) is 10.7. The van der Waals surface area contributed by atoms with Crippen LogP contribution < -0.4 is 16.0 Å². The summed E-state index contributed by atoms with van der Waals surface area (Å²) in [5, 5.41) is 2.76. The number of hydrogen-bond acceptors (Lipinski definition) is 4. The number of carbonyl (C=O) groups is 1. The van der Waals surface area contributed by atoms with Crippen molar-refractivity contribution in [1.82, 2.24) is 4.98 Å². The summed E-state index contributed by atoms with van der Waals surface area (Å²) in [6, 6.07) is 13.0. The van der Waals surface area contributed by atoms with E-state index in [0.717, 1.165) is 11.3 Å². The molecule has 0 saturated carbocycles. The average Bonchev–Trinajstić information content (AvgIpc) is 2.48. The van der Waals surface area contributed by atoms with Crippen molar-refractivity contribution in [1.29, 1.82) is 0 Å². The van der Waals surface area contributed by atoms with E-state index in [4.69, 9.17) is 5.73 Å². The number of amides is 1. The van der Waals surface area contributed by atoms with E-state index in [1.165, 1.54) is 0 Å². The molecule has 1 heterocycles. The summed E-state index contributed by atoms with van der Waals surface area (Å²) >= 11 is 0. The second-order valence-electron chi connectivity index (χ2n) is 5.07. The number of halogens is 2. The molecule has 5 nitrogen and oxygen atoms in total. The van der Waals surface area contributed by atoms with Crippen LogP contribution in [0.1, 0.15) is 18.0 Å². The Labute approximate surface area is 149 Å². The summed E-state index contributed by atoms with van der Waals surface area (Å²) < 4.78 is 0. The van der Waals surface area contributed by atoms with Crippen molar-refractivity contribution < 1.29 is 4.79 Å². The van der Waals surface area contributed by atoms with Gasteiger partial charge in [-0.15, -0.1) is 24.8 Å². The first-order valence-corrected chi connectivity index (χ1v) is 6.80. The van der Waals surface area contributed by atoms with Crippen LogP contribution >= 0.6 is 24.8 Å². The quantitative estimate of drug-likeness (QED) is 0.863. The molecular formula is C16H22Cl2N4O. The molecular weight excluding hydrogens is 335 g/mol. The molecule has 1 amide bonds. The number of hydrogen-bond donors (Lipinski definition) is 2. The van der Waals surface area contributed by atoms with E-state index in [-0.39, 0.29) is 43.2 Å². The lowest BCUT2D eigenvalue weighted by Gasteiger charge is -2.13. The Balaban J connectivity index is 0.00000242. The van der Waals surface area contributed by atoms with Gasteiger partial charge >= 0.3 is 0 Å². The number of benzene rings is 1. The zero-order valence-electron chi connectivity index (χ0n) is 13.1. The molecule has 23 heavy (non-hydrogen) atoms. The number of pyridine rings is 1. The van der Waals surface area contributed by atoms with E-state index >= 15 is 0 Å². The van der Waals surface area contributed by atoms with Crippen molar-refractivity contribution >= 4 is 42.2 Å². The van der Waals surface area contributed by atoms with E-state index in [0.29, 0.717) is 5.82 Å². The minimum absolute atomic E-state index is 0. The molecule has 0 bridgehead atoms. The molecule has 1 unspecified atom stereocenters. The molecule has 0 radical (unpaired) electrons. The summed E-state index contributed by atoms with van der Waals surface area (Å²) in [5.74, 6) is 0.391. The lowest BCUT2D eigenvalue weighted by molar-refractivity contribution is -0.116. The molecule has 0 fully saturated rings. The van der Waals surface area contributed by atoms with Gasteiger partial charge in [0.15, 0.2) is 0 Å². The lowest BCUT2D eigenvalue weighted by Crippen LogP contribution is -2.21. The summed E-state index contributed by atoms with van der Waals surface area (Å²) in [6.45, 7) is 0. The summed E-state index contributed by atoms with van der Waals surface area (Å²) in [4.78, 5) is 18.1. The zero-order chi connectivity index (χ0) is 15.2. The highest BCUT2D eigenvalue weighted by atomic mass is 35.5. The fourth-order valence-corrected chi connectivity index (χ4v) is 1.94. The molecule has 2 rings (SSSR count). The number of nitrogens with two attached hydrogens (primary N) is 1. The smallest absolute Gasteiger partial charge is 0.227 e. The molecule has 7 heteroatoms. The summed E-state index contributed by atoms with van der Waals surface area (Å²) in [6.07, 6.45) is 1.94. The van der Waals surface area contributed by atoms with E-state index in [1.54, 1.807) is 12.3 Å². The second-order valence-corrected chi connectivity index (χ2v) is 5.07. The van der Waals surface area contributed by atoms with Crippen LogP contribution in [0.25, 0.3) is 0 Å². The number of anilines is 2. The Morgan fingerprint density at radius 3 is 2.35 bits per heavy atom. The van der Waals surface area contributed by atoms with E-state index in [1.807, 2.05) is 55.4 Å². The predicted molar refractivity (Wildman–Crippen MR) is 99.7 cm³/mol. The van der Waals surface area contributed by atoms with Gasteiger partial charge in [0.2, 0.25) is 5.91 Å². The maximum Gasteiger partial charge on any atom is 0.227 e. The van der Waals surface area contributed by atoms with E-state index in [2.05, 4.69) is 10.3 Å². The van der Waals surface area contributed by atoms with Crippen LogP contribution in [0.3, 0.4) is 0 Å². The van der Waals surface area contributed by atoms with Crippen molar-refractivity contribution in [2.24, 2.45) is 5.73 Å². The fourth-order valence-electron chi connectivity index (χ4n) is 1.94. The third-order valence-corrected chi connectivity index (χ3v) is 3.16. The average molecular weight is 357 g/mol. The molecule has 3 N–H and O–H groups in total. The van der Waals surface area contributed by atoms with Crippen LogP contribution in [-0.4, -0.2) is 25.0 Å². The summed E-state index contributed by atoms with van der Waals surface area (Å²) in [7, 11) is 3.88. The minimum Gasteiger partial charge on any atom is -0.376 e. The standard InChI is InChI=1S/C16H20N4O.2ClH/c1-20(2)13-8-9-15(18-11-13)19-16(21)10-14(17)12-6-4-3-5-7-12;;/h3-9,11,14H,10,17H2,1-2H3,(H,18,19,21);2*1H. The highest BCUT2D eigenvalue weighted by Crippen LogP contribution is 2.15. The molecule has 1 atom stereocenters. The first-order valence-electron chi connectivity index (χ1n) is 6.80. The Hall–Kier alpha value is -1.82. The van der Waals surface area contributed by atoms with Crippen molar-refractivity contribution in [2.45, 2.75) is 12.5 Å². The van der Waals surface area contributed by atoms with Gasteiger partial charge in [-0.25, -0.2) is 4.98 Å². The number of nitrogens with zero attached hydrogens (tertiary/aromatic N) is 2. The van der Waals surface area contributed by atoms with Gasteiger partial charge in [-0.05, 0) is 17.7 Å². The number of nitrogens with one attached hydrogen (secondary N) is 1. The zero-order valence-corrected chi connectivity index (χ0v) is 14.7. The van der Waals surface area contributed by atoms with Crippen LogP contribution in [0.15, 0.2) is 48.7 Å². The molecule has 0 spiro atoms. The van der Waals surface area contributed by atoms with Gasteiger partial charge in [0.05, 0.1) is 11.9 Å². The van der Waals surface area contributed by atoms with Crippen molar-refractivity contribution in [3.8, 4) is 0 Å². The molecule has 1 aromatic heterocycles. The molecule has 0 saturated heterocycles. The SMILES string of the molecule is CN(C)c1ccc(NC(=O)CC(N)c2ccccc2)nc1.Cl.Cl. The Morgan fingerprint density at radius 1 is 1.17 bits per heavy atom. The van der Waals surface area contributed by atoms with Gasteiger partial charge in [0.1, 0.15) is 5.82 Å². The van der Waals surface area contributed by atoms with Gasteiger partial charge in [-0.2, -0.15) is 0 Å². The molecule has 126 valence electrons. The first-order chi connectivity index (χ1) is 10.1.